The average Bonchev–Trinajstić information content (AvgIpc) is 3.44. The van der Waals surface area contributed by atoms with E-state index in [9.17, 15) is 0 Å². The maximum absolute atomic E-state index is 5.12. The number of hydrogen-bond acceptors (Lipinski definition) is 4. The van der Waals surface area contributed by atoms with Crippen LogP contribution < -0.4 is 0 Å². The zero-order valence-corrected chi connectivity index (χ0v) is 16.1. The maximum Gasteiger partial charge on any atom is 0.160 e. The number of para-hydroxylation sites is 1. The Hall–Kier alpha value is -2.53. The van der Waals surface area contributed by atoms with E-state index >= 15 is 0 Å². The van der Waals surface area contributed by atoms with E-state index in [4.69, 9.17) is 4.99 Å². The summed E-state index contributed by atoms with van der Waals surface area (Å²) in [5.41, 5.74) is 3.50. The minimum absolute atomic E-state index is 0.0282. The zero-order valence-electron chi connectivity index (χ0n) is 15.3. The molecule has 0 saturated carbocycles. The second-order valence-corrected chi connectivity index (χ2v) is 7.96. The molecule has 27 heavy (non-hydrogen) atoms. The number of fused-ring (bicyclic) bond motifs is 1. The van der Waals surface area contributed by atoms with E-state index < -0.39 is 0 Å². The molecule has 5 heteroatoms. The van der Waals surface area contributed by atoms with Crippen molar-refractivity contribution in [2.75, 3.05) is 5.75 Å². The second kappa shape index (κ2) is 6.89. The number of rotatable bonds is 4. The van der Waals surface area contributed by atoms with Crippen LogP contribution in [0.3, 0.4) is 0 Å². The summed E-state index contributed by atoms with van der Waals surface area (Å²) in [6.45, 7) is 2.27. The largest absolute Gasteiger partial charge is 0.337 e. The Morgan fingerprint density at radius 2 is 1.89 bits per heavy atom. The van der Waals surface area contributed by atoms with Crippen LogP contribution in [0.2, 0.25) is 0 Å². The molecule has 5 rings (SSSR count). The predicted molar refractivity (Wildman–Crippen MR) is 111 cm³/mol. The molecular formula is C22H22N4S. The van der Waals surface area contributed by atoms with E-state index in [0.717, 1.165) is 17.9 Å². The molecule has 0 aliphatic carbocycles. The van der Waals surface area contributed by atoms with Crippen LogP contribution in [-0.2, 0) is 0 Å². The zero-order chi connectivity index (χ0) is 18.2. The molecule has 4 nitrogen and oxygen atoms in total. The molecule has 0 amide bonds. The monoisotopic (exact) mass is 374 g/mol. The maximum atomic E-state index is 5.12. The molecule has 2 aliphatic rings. The highest BCUT2D eigenvalue weighted by Gasteiger charge is 2.46. The van der Waals surface area contributed by atoms with Crippen molar-refractivity contribution in [2.45, 2.75) is 31.5 Å². The summed E-state index contributed by atoms with van der Waals surface area (Å²) < 4.78 is 2.30. The van der Waals surface area contributed by atoms with Crippen molar-refractivity contribution < 1.29 is 0 Å². The van der Waals surface area contributed by atoms with Crippen LogP contribution in [-0.4, -0.2) is 31.4 Å². The van der Waals surface area contributed by atoms with Gasteiger partial charge in [-0.3, -0.25) is 9.98 Å². The van der Waals surface area contributed by atoms with E-state index in [0.29, 0.717) is 6.04 Å². The van der Waals surface area contributed by atoms with Crippen molar-refractivity contribution in [1.29, 1.82) is 0 Å². The number of amidine groups is 1. The lowest BCUT2D eigenvalue weighted by molar-refractivity contribution is 0.249. The normalized spacial score (nSPS) is 24.1. The molecule has 2 aromatic heterocycles. The lowest BCUT2D eigenvalue weighted by Crippen LogP contribution is -2.36. The number of aliphatic imine (C=N–C) groups is 1. The van der Waals surface area contributed by atoms with Crippen LogP contribution in [0.1, 0.15) is 36.8 Å². The molecule has 3 atom stereocenters. The highest BCUT2D eigenvalue weighted by molar-refractivity contribution is 8.14. The summed E-state index contributed by atoms with van der Waals surface area (Å²) >= 11 is 1.89. The summed E-state index contributed by atoms with van der Waals surface area (Å²) in [4.78, 5) is 12.3. The number of benzene rings is 1. The van der Waals surface area contributed by atoms with Crippen molar-refractivity contribution in [1.82, 2.24) is 14.5 Å². The third kappa shape index (κ3) is 2.77. The van der Waals surface area contributed by atoms with Crippen molar-refractivity contribution in [3.05, 3.63) is 84.4 Å². The molecule has 1 aromatic carbocycles. The van der Waals surface area contributed by atoms with Gasteiger partial charge < -0.3 is 9.47 Å². The quantitative estimate of drug-likeness (QED) is 0.654. The van der Waals surface area contributed by atoms with Crippen LogP contribution in [0, 0.1) is 0 Å². The molecule has 136 valence electrons. The van der Waals surface area contributed by atoms with Crippen molar-refractivity contribution in [3.8, 4) is 5.69 Å². The molecule has 0 bridgehead atoms. The lowest BCUT2D eigenvalue weighted by Gasteiger charge is -2.32. The Balaban J connectivity index is 1.63. The van der Waals surface area contributed by atoms with Gasteiger partial charge in [0, 0.05) is 35.6 Å². The summed E-state index contributed by atoms with van der Waals surface area (Å²) in [5.74, 6) is 1.12. The molecule has 4 heterocycles. The fourth-order valence-electron chi connectivity index (χ4n) is 4.13. The van der Waals surface area contributed by atoms with Crippen LogP contribution in [0.5, 0.6) is 0 Å². The number of aromatic nitrogens is 2. The minimum Gasteiger partial charge on any atom is -0.337 e. The topological polar surface area (TPSA) is 33.4 Å². The van der Waals surface area contributed by atoms with Gasteiger partial charge in [0.2, 0.25) is 0 Å². The summed E-state index contributed by atoms with van der Waals surface area (Å²) in [7, 11) is 0. The van der Waals surface area contributed by atoms with Crippen molar-refractivity contribution in [2.24, 2.45) is 4.99 Å². The number of hydrogen-bond donors (Lipinski definition) is 0. The summed E-state index contributed by atoms with van der Waals surface area (Å²) in [5, 5.41) is 1.17. The van der Waals surface area contributed by atoms with Gasteiger partial charge in [-0.2, -0.15) is 0 Å². The van der Waals surface area contributed by atoms with Crippen molar-refractivity contribution >= 4 is 16.9 Å². The Kier molecular flexibility index (Phi) is 4.24. The molecule has 1 saturated heterocycles. The average molecular weight is 375 g/mol. The van der Waals surface area contributed by atoms with Gasteiger partial charge in [-0.15, -0.1) is 0 Å². The third-order valence-electron chi connectivity index (χ3n) is 5.45. The fraction of sp³-hybridized carbons (Fsp3) is 0.273. The smallest absolute Gasteiger partial charge is 0.160 e. The van der Waals surface area contributed by atoms with E-state index in [2.05, 4.69) is 82.2 Å². The van der Waals surface area contributed by atoms with Crippen molar-refractivity contribution in [3.63, 3.8) is 0 Å². The Morgan fingerprint density at radius 1 is 1.04 bits per heavy atom. The van der Waals surface area contributed by atoms with E-state index in [1.165, 1.54) is 16.5 Å². The predicted octanol–water partition coefficient (Wildman–Crippen LogP) is 4.85. The van der Waals surface area contributed by atoms with Gasteiger partial charge in [0.15, 0.2) is 5.17 Å². The van der Waals surface area contributed by atoms with Crippen LogP contribution in [0.4, 0.5) is 0 Å². The highest BCUT2D eigenvalue weighted by atomic mass is 32.2. The molecule has 0 radical (unpaired) electrons. The number of pyridine rings is 1. The minimum atomic E-state index is 0.0282. The molecular weight excluding hydrogens is 352 g/mol. The number of nitrogens with zero attached hydrogens (tertiary/aromatic N) is 4. The Labute approximate surface area is 164 Å². The third-order valence-corrected chi connectivity index (χ3v) is 6.57. The lowest BCUT2D eigenvalue weighted by atomic mass is 9.99. The van der Waals surface area contributed by atoms with Gasteiger partial charge in [-0.05, 0) is 42.8 Å². The van der Waals surface area contributed by atoms with Gasteiger partial charge >= 0.3 is 0 Å². The van der Waals surface area contributed by atoms with E-state index in [1.807, 2.05) is 24.0 Å². The van der Waals surface area contributed by atoms with Gasteiger partial charge in [0.1, 0.15) is 12.1 Å². The highest BCUT2D eigenvalue weighted by Crippen LogP contribution is 2.48. The molecule has 0 unspecified atom stereocenters. The molecule has 1 fully saturated rings. The summed E-state index contributed by atoms with van der Waals surface area (Å²) in [6, 6.07) is 21.8. The SMILES string of the molecule is CC[C@@H]1CSC2=N[C@@H](c3ccccn3)[C@@H](c3cccn3-c3ccccc3)N21. The molecule has 0 N–H and O–H groups in total. The van der Waals surface area contributed by atoms with Gasteiger partial charge in [-0.25, -0.2) is 0 Å². The number of thioether (sulfide) groups is 1. The first-order valence-electron chi connectivity index (χ1n) is 9.49. The first-order valence-corrected chi connectivity index (χ1v) is 10.5. The van der Waals surface area contributed by atoms with Gasteiger partial charge in [0.05, 0.1) is 5.69 Å². The Bertz CT molecular complexity index is 951. The van der Waals surface area contributed by atoms with Crippen LogP contribution >= 0.6 is 11.8 Å². The summed E-state index contributed by atoms with van der Waals surface area (Å²) in [6.07, 6.45) is 5.16. The Morgan fingerprint density at radius 3 is 2.67 bits per heavy atom. The van der Waals surface area contributed by atoms with Crippen LogP contribution in [0.25, 0.3) is 5.69 Å². The second-order valence-electron chi connectivity index (χ2n) is 6.97. The molecule has 3 aromatic rings. The van der Waals surface area contributed by atoms with Gasteiger partial charge in [-0.1, -0.05) is 43.0 Å². The standard InChI is InChI=1S/C22H22N4S/c1-2-16-15-27-22-24-20(18-11-6-7-13-23-18)21(26(16)22)19-12-8-14-25(19)17-9-4-3-5-10-17/h3-14,16,20-21H,2,15H2,1H3/t16-,20+,21-/m1/s1. The van der Waals surface area contributed by atoms with E-state index in [1.54, 1.807) is 0 Å². The molecule has 0 spiro atoms. The fourth-order valence-corrected chi connectivity index (χ4v) is 5.47. The first-order chi connectivity index (χ1) is 13.4. The van der Waals surface area contributed by atoms with E-state index in [-0.39, 0.29) is 12.1 Å². The van der Waals surface area contributed by atoms with Crippen LogP contribution in [0.15, 0.2) is 78.0 Å². The first kappa shape index (κ1) is 16.6. The molecule has 2 aliphatic heterocycles. The van der Waals surface area contributed by atoms with Gasteiger partial charge in [0.25, 0.3) is 0 Å².